The second kappa shape index (κ2) is 6.85. The van der Waals surface area contributed by atoms with Gasteiger partial charge in [0.05, 0.1) is 29.5 Å². The van der Waals surface area contributed by atoms with Gasteiger partial charge in [-0.25, -0.2) is 32.8 Å². The quantitative estimate of drug-likeness (QED) is 0.652. The molecule has 0 spiro atoms. The van der Waals surface area contributed by atoms with Crippen molar-refractivity contribution in [2.75, 3.05) is 0 Å². The van der Waals surface area contributed by atoms with Gasteiger partial charge in [0, 0.05) is 17.7 Å². The summed E-state index contributed by atoms with van der Waals surface area (Å²) in [5.74, 6) is -3.89. The monoisotopic (exact) mass is 426 g/mol. The zero-order valence-electron chi connectivity index (χ0n) is 15.0. The Labute approximate surface area is 165 Å². The molecule has 4 rings (SSSR count). The summed E-state index contributed by atoms with van der Waals surface area (Å²) in [6.07, 6.45) is 1.01. The molecule has 1 atom stereocenters. The second-order valence-corrected chi connectivity index (χ2v) is 8.62. The Morgan fingerprint density at radius 3 is 2.79 bits per heavy atom. The highest BCUT2D eigenvalue weighted by Gasteiger charge is 2.57. The van der Waals surface area contributed by atoms with Crippen molar-refractivity contribution in [2.24, 2.45) is 5.92 Å². The molecule has 0 aromatic carbocycles. The van der Waals surface area contributed by atoms with Gasteiger partial charge in [0.25, 0.3) is 11.8 Å². The Balaban J connectivity index is 1.49. The molecule has 0 radical (unpaired) electrons. The number of aryl methyl sites for hydroxylation is 2. The Kier molecular flexibility index (Phi) is 4.62. The van der Waals surface area contributed by atoms with Crippen molar-refractivity contribution >= 4 is 28.6 Å². The molecular formula is C16H16F2N6O2S2. The van der Waals surface area contributed by atoms with Gasteiger partial charge < -0.3 is 5.32 Å². The number of nitrogens with zero attached hydrogens (tertiary/aromatic N) is 5. The fourth-order valence-corrected chi connectivity index (χ4v) is 4.27. The number of aromatic nitrogens is 5. The number of thiazole rings is 2. The Bertz CT molecular complexity index is 1100. The molecule has 0 bridgehead atoms. The Morgan fingerprint density at radius 2 is 2.14 bits per heavy atom. The number of nitrogens with one attached hydrogen (secondary N) is 1. The minimum Gasteiger partial charge on any atom is -0.346 e. The number of carbonyl (C=O) groups is 1. The first kappa shape index (κ1) is 18.9. The lowest BCUT2D eigenvalue weighted by atomic mass is 10.3. The van der Waals surface area contributed by atoms with Gasteiger partial charge in [-0.1, -0.05) is 11.3 Å². The number of hydrogen-bond acceptors (Lipinski definition) is 7. The molecule has 148 valence electrons. The smallest absolute Gasteiger partial charge is 0.346 e. The number of alkyl halides is 2. The summed E-state index contributed by atoms with van der Waals surface area (Å²) in [4.78, 5) is 33.8. The molecule has 3 heterocycles. The van der Waals surface area contributed by atoms with E-state index in [2.05, 4.69) is 20.4 Å². The van der Waals surface area contributed by atoms with Crippen molar-refractivity contribution < 1.29 is 13.6 Å². The van der Waals surface area contributed by atoms with Crippen LogP contribution in [0.2, 0.25) is 0 Å². The third-order valence-electron chi connectivity index (χ3n) is 4.38. The van der Waals surface area contributed by atoms with Crippen molar-refractivity contribution in [3.05, 3.63) is 43.5 Å². The number of carbonyl (C=O) groups excluding carboxylic acids is 1. The van der Waals surface area contributed by atoms with E-state index in [1.807, 2.05) is 12.3 Å². The van der Waals surface area contributed by atoms with E-state index in [1.165, 1.54) is 22.2 Å². The first-order valence-corrected chi connectivity index (χ1v) is 10.1. The van der Waals surface area contributed by atoms with Crippen LogP contribution in [0.1, 0.15) is 32.5 Å². The van der Waals surface area contributed by atoms with Crippen LogP contribution in [0.25, 0.3) is 5.13 Å². The highest BCUT2D eigenvalue weighted by molar-refractivity contribution is 7.16. The molecule has 1 N–H and O–H groups in total. The van der Waals surface area contributed by atoms with Crippen molar-refractivity contribution in [1.82, 2.24) is 29.6 Å². The average molecular weight is 426 g/mol. The molecule has 1 aliphatic rings. The van der Waals surface area contributed by atoms with E-state index in [-0.39, 0.29) is 24.0 Å². The standard InChI is InChI=1S/C16H16F2N6O2S2/c1-8-12(13(25)19-4-11-6-27-9(2)22-11)28-14(21-8)23-7-20-24(15(23)26)5-10-3-16(10,17)18/h6-7,10H,3-5H2,1-2H3,(H,19,25). The van der Waals surface area contributed by atoms with Gasteiger partial charge in [-0.05, 0) is 13.8 Å². The molecule has 1 unspecified atom stereocenters. The minimum atomic E-state index is -2.72. The van der Waals surface area contributed by atoms with E-state index < -0.39 is 17.5 Å². The first-order valence-electron chi connectivity index (χ1n) is 8.44. The Hall–Kier alpha value is -2.47. The molecule has 1 saturated carbocycles. The summed E-state index contributed by atoms with van der Waals surface area (Å²) < 4.78 is 28.3. The molecule has 0 saturated heterocycles. The van der Waals surface area contributed by atoms with E-state index in [1.54, 1.807) is 6.92 Å². The predicted molar refractivity (Wildman–Crippen MR) is 99.3 cm³/mol. The van der Waals surface area contributed by atoms with Gasteiger partial charge in [0.15, 0.2) is 5.13 Å². The van der Waals surface area contributed by atoms with Crippen LogP contribution in [0.3, 0.4) is 0 Å². The first-order chi connectivity index (χ1) is 13.2. The maximum Gasteiger partial charge on any atom is 0.352 e. The van der Waals surface area contributed by atoms with Gasteiger partial charge >= 0.3 is 5.69 Å². The topological polar surface area (TPSA) is 94.7 Å². The van der Waals surface area contributed by atoms with Gasteiger partial charge in [0.1, 0.15) is 11.2 Å². The molecule has 3 aromatic heterocycles. The highest BCUT2D eigenvalue weighted by atomic mass is 32.1. The summed E-state index contributed by atoms with van der Waals surface area (Å²) in [6, 6.07) is 0. The van der Waals surface area contributed by atoms with Crippen molar-refractivity contribution in [2.45, 2.75) is 39.3 Å². The van der Waals surface area contributed by atoms with Crippen LogP contribution in [0.15, 0.2) is 16.5 Å². The summed E-state index contributed by atoms with van der Waals surface area (Å²) >= 11 is 2.55. The maximum atomic E-state index is 13.1. The van der Waals surface area contributed by atoms with Gasteiger partial charge in [-0.3, -0.25) is 4.79 Å². The zero-order chi connectivity index (χ0) is 20.1. The summed E-state index contributed by atoms with van der Waals surface area (Å²) in [6.45, 7) is 3.72. The van der Waals surface area contributed by atoms with Crippen molar-refractivity contribution in [3.8, 4) is 5.13 Å². The third kappa shape index (κ3) is 3.61. The molecule has 28 heavy (non-hydrogen) atoms. The van der Waals surface area contributed by atoms with E-state index in [0.717, 1.165) is 26.7 Å². The molecule has 3 aromatic rings. The van der Waals surface area contributed by atoms with Gasteiger partial charge in [0.2, 0.25) is 0 Å². The molecule has 1 fully saturated rings. The van der Waals surface area contributed by atoms with Gasteiger partial charge in [-0.15, -0.1) is 11.3 Å². The van der Waals surface area contributed by atoms with Crippen LogP contribution in [0, 0.1) is 19.8 Å². The Morgan fingerprint density at radius 1 is 1.39 bits per heavy atom. The lowest BCUT2D eigenvalue weighted by Crippen LogP contribution is -2.25. The lowest BCUT2D eigenvalue weighted by molar-refractivity contribution is 0.0936. The number of hydrogen-bond donors (Lipinski definition) is 1. The van der Waals surface area contributed by atoms with E-state index in [4.69, 9.17) is 0 Å². The highest BCUT2D eigenvalue weighted by Crippen LogP contribution is 2.49. The number of amides is 1. The number of halogens is 2. The van der Waals surface area contributed by atoms with Crippen LogP contribution in [0.5, 0.6) is 0 Å². The average Bonchev–Trinajstić information content (AvgIpc) is 3.04. The van der Waals surface area contributed by atoms with Crippen LogP contribution in [-0.2, 0) is 13.1 Å². The van der Waals surface area contributed by atoms with Crippen LogP contribution < -0.4 is 11.0 Å². The number of rotatable bonds is 6. The summed E-state index contributed by atoms with van der Waals surface area (Å²) in [5, 5.41) is 9.73. The second-order valence-electron chi connectivity index (χ2n) is 6.58. The maximum absolute atomic E-state index is 13.1. The van der Waals surface area contributed by atoms with Crippen molar-refractivity contribution in [3.63, 3.8) is 0 Å². The minimum absolute atomic E-state index is 0.135. The van der Waals surface area contributed by atoms with Crippen LogP contribution in [-0.4, -0.2) is 36.1 Å². The third-order valence-corrected chi connectivity index (χ3v) is 6.35. The van der Waals surface area contributed by atoms with E-state index >= 15 is 0 Å². The molecule has 0 aliphatic heterocycles. The van der Waals surface area contributed by atoms with E-state index in [9.17, 15) is 18.4 Å². The molecule has 12 heteroatoms. The SMILES string of the molecule is Cc1nc(CNC(=O)c2sc(-n3cnn(CC4CC4(F)F)c3=O)nc2C)cs1. The molecule has 1 amide bonds. The summed E-state index contributed by atoms with van der Waals surface area (Å²) in [5.41, 5.74) is 0.689. The fraction of sp³-hybridized carbons (Fsp3) is 0.438. The summed E-state index contributed by atoms with van der Waals surface area (Å²) in [7, 11) is 0. The zero-order valence-corrected chi connectivity index (χ0v) is 16.6. The normalized spacial score (nSPS) is 17.6. The van der Waals surface area contributed by atoms with Gasteiger partial charge in [-0.2, -0.15) is 5.10 Å². The fourth-order valence-electron chi connectivity index (χ4n) is 2.71. The molecule has 8 nitrogen and oxygen atoms in total. The predicted octanol–water partition coefficient (Wildman–Crippen LogP) is 2.15. The molecular weight excluding hydrogens is 410 g/mol. The van der Waals surface area contributed by atoms with E-state index in [0.29, 0.717) is 17.1 Å². The lowest BCUT2D eigenvalue weighted by Gasteiger charge is -2.01. The molecule has 1 aliphatic carbocycles. The van der Waals surface area contributed by atoms with Crippen molar-refractivity contribution in [1.29, 1.82) is 0 Å². The van der Waals surface area contributed by atoms with Crippen LogP contribution in [0.4, 0.5) is 8.78 Å². The van der Waals surface area contributed by atoms with Crippen LogP contribution >= 0.6 is 22.7 Å². The largest absolute Gasteiger partial charge is 0.352 e.